The summed E-state index contributed by atoms with van der Waals surface area (Å²) in [7, 11) is -4.96. The normalized spacial score (nSPS) is 23.7. The van der Waals surface area contributed by atoms with Crippen molar-refractivity contribution >= 4 is 16.3 Å². The van der Waals surface area contributed by atoms with E-state index in [9.17, 15) is 26.4 Å². The molecule has 20 heavy (non-hydrogen) atoms. The molecule has 0 aromatic heterocycles. The predicted octanol–water partition coefficient (Wildman–Crippen LogP) is 0.597. The van der Waals surface area contributed by atoms with Crippen LogP contribution in [0.1, 0.15) is 6.42 Å². The topological polar surface area (TPSA) is 87.2 Å². The van der Waals surface area contributed by atoms with Crippen molar-refractivity contribution in [1.82, 2.24) is 9.96 Å². The van der Waals surface area contributed by atoms with E-state index < -0.39 is 34.9 Å². The van der Waals surface area contributed by atoms with Crippen LogP contribution in [0.2, 0.25) is 0 Å². The van der Waals surface area contributed by atoms with Gasteiger partial charge in [-0.15, -0.1) is 4.28 Å². The van der Waals surface area contributed by atoms with Gasteiger partial charge in [0, 0.05) is 12.7 Å². The van der Waals surface area contributed by atoms with Crippen molar-refractivity contribution in [3.63, 3.8) is 0 Å². The molecule has 0 aromatic rings. The van der Waals surface area contributed by atoms with Gasteiger partial charge in [0.1, 0.15) is 11.7 Å². The largest absolute Gasteiger partial charge is 0.418 e. The van der Waals surface area contributed by atoms with Gasteiger partial charge in [-0.05, 0) is 12.5 Å². The number of amides is 1. The van der Waals surface area contributed by atoms with E-state index in [0.29, 0.717) is 0 Å². The van der Waals surface area contributed by atoms with Gasteiger partial charge in [-0.25, -0.2) is 0 Å². The highest BCUT2D eigenvalue weighted by atomic mass is 32.3. The minimum absolute atomic E-state index is 0.167. The van der Waals surface area contributed by atoms with Crippen molar-refractivity contribution < 1.29 is 35.2 Å². The number of carbonyl (C=O) groups is 1. The first-order chi connectivity index (χ1) is 9.09. The summed E-state index contributed by atoms with van der Waals surface area (Å²) in [5.74, 6) is -1.11. The highest BCUT2D eigenvalue weighted by Gasteiger charge is 2.48. The zero-order chi connectivity index (χ0) is 15.1. The second kappa shape index (κ2) is 4.75. The fraction of sp³-hybridized carbons (Fsp3) is 0.444. The lowest BCUT2D eigenvalue weighted by Crippen LogP contribution is -2.43. The number of fused-ring (bicyclic) bond motifs is 1. The summed E-state index contributed by atoms with van der Waals surface area (Å²) in [6.45, 7) is -0.243. The molecule has 7 nitrogen and oxygen atoms in total. The number of hydrogen-bond acceptors (Lipinski definition) is 5. The second-order valence-electron chi connectivity index (χ2n) is 4.05. The van der Waals surface area contributed by atoms with Crippen molar-refractivity contribution in [1.29, 1.82) is 0 Å². The molecule has 2 rings (SSSR count). The minimum atomic E-state index is -4.96. The fourth-order valence-corrected chi connectivity index (χ4v) is 2.30. The Bertz CT molecular complexity index is 583. The maximum atomic E-state index is 12.8. The van der Waals surface area contributed by atoms with E-state index in [1.165, 1.54) is 0 Å². The molecule has 0 saturated carbocycles. The molecule has 0 fully saturated rings. The van der Waals surface area contributed by atoms with Crippen LogP contribution in [0.3, 0.4) is 0 Å². The molecule has 1 unspecified atom stereocenters. The van der Waals surface area contributed by atoms with E-state index in [2.05, 4.69) is 4.28 Å². The molecule has 0 aliphatic carbocycles. The van der Waals surface area contributed by atoms with E-state index >= 15 is 0 Å². The summed E-state index contributed by atoms with van der Waals surface area (Å²) in [5, 5.41) is 0.167. The van der Waals surface area contributed by atoms with Gasteiger partial charge in [-0.3, -0.25) is 9.35 Å². The van der Waals surface area contributed by atoms with Crippen LogP contribution in [-0.2, 0) is 19.5 Å². The van der Waals surface area contributed by atoms with Crippen molar-refractivity contribution in [2.75, 3.05) is 6.54 Å². The lowest BCUT2D eigenvalue weighted by atomic mass is 10.2. The number of halogens is 3. The smallest absolute Gasteiger partial charge is 0.351 e. The summed E-state index contributed by atoms with van der Waals surface area (Å²) >= 11 is 0. The molecule has 2 aliphatic heterocycles. The van der Waals surface area contributed by atoms with Gasteiger partial charge in [0.2, 0.25) is 0 Å². The van der Waals surface area contributed by atoms with Crippen LogP contribution in [-0.4, -0.2) is 47.6 Å². The Morgan fingerprint density at radius 1 is 1.40 bits per heavy atom. The Balaban J connectivity index is 2.25. The summed E-state index contributed by atoms with van der Waals surface area (Å²) in [6, 6.07) is -1.85. The van der Waals surface area contributed by atoms with Crippen LogP contribution in [0.15, 0.2) is 24.0 Å². The van der Waals surface area contributed by atoms with Crippen LogP contribution in [0.5, 0.6) is 0 Å². The summed E-state index contributed by atoms with van der Waals surface area (Å²) in [4.78, 5) is 12.7. The first-order valence-electron chi connectivity index (χ1n) is 5.30. The van der Waals surface area contributed by atoms with Crippen LogP contribution in [0, 0.1) is 0 Å². The molecule has 1 N–H and O–H groups in total. The number of rotatable bonds is 2. The van der Waals surface area contributed by atoms with Crippen molar-refractivity contribution in [3.8, 4) is 0 Å². The number of nitrogens with zero attached hydrogens (tertiary/aromatic N) is 2. The molecule has 0 aromatic carbocycles. The number of carbonyl (C=O) groups excluding carboxylic acids is 1. The monoisotopic (exact) mass is 314 g/mol. The third-order valence-corrected chi connectivity index (χ3v) is 3.08. The third-order valence-electron chi connectivity index (χ3n) is 2.73. The van der Waals surface area contributed by atoms with Gasteiger partial charge in [0.05, 0.1) is 0 Å². The molecule has 1 amide bonds. The second-order valence-corrected chi connectivity index (χ2v) is 5.06. The van der Waals surface area contributed by atoms with E-state index in [4.69, 9.17) is 4.55 Å². The standard InChI is InChI=1S/C9H9F3N2O5S/c10-9(11,12)7-3-2-6-8(15)14(19-20(16,17)18)5-1-4-13(6)7/h1-2,5,7H,3-4H2,(H,16,17,18). The summed E-state index contributed by atoms with van der Waals surface area (Å²) in [6.07, 6.45) is -1.94. The molecule has 0 radical (unpaired) electrons. The average Bonchev–Trinajstić information content (AvgIpc) is 2.63. The van der Waals surface area contributed by atoms with Crippen LogP contribution in [0.4, 0.5) is 13.2 Å². The minimum Gasteiger partial charge on any atom is -0.351 e. The molecule has 0 bridgehead atoms. The number of hydroxylamine groups is 2. The maximum Gasteiger partial charge on any atom is 0.418 e. The van der Waals surface area contributed by atoms with Gasteiger partial charge in [0.15, 0.2) is 0 Å². The van der Waals surface area contributed by atoms with Crippen LogP contribution >= 0.6 is 0 Å². The van der Waals surface area contributed by atoms with E-state index in [1.54, 1.807) is 0 Å². The lowest BCUT2D eigenvalue weighted by Gasteiger charge is -2.28. The molecule has 2 aliphatic rings. The van der Waals surface area contributed by atoms with Gasteiger partial charge in [0.25, 0.3) is 5.91 Å². The molecule has 1 atom stereocenters. The maximum absolute atomic E-state index is 12.8. The van der Waals surface area contributed by atoms with Crippen molar-refractivity contribution in [2.24, 2.45) is 0 Å². The first kappa shape index (κ1) is 14.8. The van der Waals surface area contributed by atoms with E-state index in [0.717, 1.165) is 23.3 Å². The average molecular weight is 314 g/mol. The highest BCUT2D eigenvalue weighted by Crippen LogP contribution is 2.36. The molecule has 11 heteroatoms. The van der Waals surface area contributed by atoms with Crippen LogP contribution < -0.4 is 0 Å². The Morgan fingerprint density at radius 3 is 2.60 bits per heavy atom. The first-order valence-corrected chi connectivity index (χ1v) is 6.67. The Hall–Kier alpha value is -1.59. The fourth-order valence-electron chi connectivity index (χ4n) is 1.98. The lowest BCUT2D eigenvalue weighted by molar-refractivity contribution is -0.174. The molecule has 0 spiro atoms. The Morgan fingerprint density at radius 2 is 2.05 bits per heavy atom. The predicted molar refractivity (Wildman–Crippen MR) is 57.9 cm³/mol. The summed E-state index contributed by atoms with van der Waals surface area (Å²) in [5.41, 5.74) is -0.332. The number of hydrogen-bond donors (Lipinski definition) is 1. The quantitative estimate of drug-likeness (QED) is 0.751. The Kier molecular flexibility index (Phi) is 3.52. The zero-order valence-electron chi connectivity index (χ0n) is 9.74. The highest BCUT2D eigenvalue weighted by molar-refractivity contribution is 7.80. The van der Waals surface area contributed by atoms with Crippen LogP contribution in [0.25, 0.3) is 0 Å². The van der Waals surface area contributed by atoms with E-state index in [1.807, 2.05) is 0 Å². The molecular formula is C9H9F3N2O5S. The molecule has 2 heterocycles. The number of alkyl halides is 3. The van der Waals surface area contributed by atoms with E-state index in [-0.39, 0.29) is 17.3 Å². The van der Waals surface area contributed by atoms with Gasteiger partial charge < -0.3 is 4.90 Å². The SMILES string of the molecule is O=C1C2=CCC(C(F)(F)F)N2CC=CN1OS(=O)(=O)O. The van der Waals surface area contributed by atoms with Crippen molar-refractivity contribution in [3.05, 3.63) is 24.0 Å². The zero-order valence-corrected chi connectivity index (χ0v) is 10.6. The third kappa shape index (κ3) is 2.94. The molecule has 112 valence electrons. The van der Waals surface area contributed by atoms with Gasteiger partial charge >= 0.3 is 16.6 Å². The molecular weight excluding hydrogens is 305 g/mol. The Labute approximate surface area is 111 Å². The molecule has 0 saturated heterocycles. The summed E-state index contributed by atoms with van der Waals surface area (Å²) < 4.78 is 71.9. The van der Waals surface area contributed by atoms with Crippen molar-refractivity contribution in [2.45, 2.75) is 18.6 Å². The van der Waals surface area contributed by atoms with Gasteiger partial charge in [-0.2, -0.15) is 26.7 Å². The van der Waals surface area contributed by atoms with Gasteiger partial charge in [-0.1, -0.05) is 6.08 Å².